The van der Waals surface area contributed by atoms with Crippen molar-refractivity contribution in [2.24, 2.45) is 0 Å². The van der Waals surface area contributed by atoms with Crippen molar-refractivity contribution in [3.63, 3.8) is 0 Å². The van der Waals surface area contributed by atoms with Crippen molar-refractivity contribution in [2.75, 3.05) is 30.4 Å². The first-order chi connectivity index (χ1) is 14.2. The van der Waals surface area contributed by atoms with Crippen LogP contribution in [0.5, 0.6) is 6.01 Å². The Bertz CT molecular complexity index is 1090. The molecule has 5 rings (SSSR count). The summed E-state index contributed by atoms with van der Waals surface area (Å²) in [6.45, 7) is 1.86. The van der Waals surface area contributed by atoms with E-state index in [-0.39, 0.29) is 11.8 Å². The summed E-state index contributed by atoms with van der Waals surface area (Å²) in [6, 6.07) is 13.7. The number of ketones is 1. The first kappa shape index (κ1) is 17.6. The molecular formula is C22H21N5O2. The van der Waals surface area contributed by atoms with Gasteiger partial charge in [-0.05, 0) is 42.5 Å². The molecule has 29 heavy (non-hydrogen) atoms. The first-order valence-electron chi connectivity index (χ1n) is 9.83. The standard InChI is InChI=1S/C22H21N5O2/c1-29-22-25-20(24-21(26-22)27-11-5-2-6-12-27)23-14-9-10-16-15-7-3-4-8-17(15)19(28)18(16)13-14/h3-4,7-10,13H,2,5-6,11-12H2,1H3,(H,23,24,25,26). The van der Waals surface area contributed by atoms with E-state index in [0.29, 0.717) is 17.5 Å². The van der Waals surface area contributed by atoms with Crippen molar-refractivity contribution in [3.8, 4) is 17.1 Å². The van der Waals surface area contributed by atoms with Gasteiger partial charge in [-0.3, -0.25) is 4.79 Å². The molecule has 2 heterocycles. The molecule has 0 spiro atoms. The van der Waals surface area contributed by atoms with Crippen molar-refractivity contribution in [3.05, 3.63) is 53.6 Å². The summed E-state index contributed by atoms with van der Waals surface area (Å²) in [4.78, 5) is 28.2. The molecule has 1 fully saturated rings. The van der Waals surface area contributed by atoms with Crippen molar-refractivity contribution in [2.45, 2.75) is 19.3 Å². The SMILES string of the molecule is COc1nc(Nc2ccc3c(c2)C(=O)c2ccccc2-3)nc(N2CCCCC2)n1. The average molecular weight is 387 g/mol. The molecule has 1 saturated heterocycles. The van der Waals surface area contributed by atoms with Crippen LogP contribution in [0.3, 0.4) is 0 Å². The lowest BCUT2D eigenvalue weighted by atomic mass is 10.1. The number of ether oxygens (including phenoxy) is 1. The second kappa shape index (κ2) is 7.16. The summed E-state index contributed by atoms with van der Waals surface area (Å²) in [5, 5.41) is 3.21. The summed E-state index contributed by atoms with van der Waals surface area (Å²) >= 11 is 0. The van der Waals surface area contributed by atoms with E-state index in [4.69, 9.17) is 4.74 Å². The van der Waals surface area contributed by atoms with E-state index in [0.717, 1.165) is 48.3 Å². The number of nitrogens with zero attached hydrogens (tertiary/aromatic N) is 4. The average Bonchev–Trinajstić information content (AvgIpc) is 3.06. The molecule has 3 aromatic rings. The predicted octanol–water partition coefficient (Wildman–Crippen LogP) is 3.83. The molecule has 0 unspecified atom stereocenters. The zero-order chi connectivity index (χ0) is 19.8. The van der Waals surface area contributed by atoms with Gasteiger partial charge in [0.05, 0.1) is 7.11 Å². The van der Waals surface area contributed by atoms with Gasteiger partial charge in [-0.2, -0.15) is 15.0 Å². The van der Waals surface area contributed by atoms with Crippen LogP contribution >= 0.6 is 0 Å². The summed E-state index contributed by atoms with van der Waals surface area (Å²) in [7, 11) is 1.55. The monoisotopic (exact) mass is 387 g/mol. The fourth-order valence-corrected chi connectivity index (χ4v) is 3.96. The van der Waals surface area contributed by atoms with Crippen LogP contribution in [0.2, 0.25) is 0 Å². The van der Waals surface area contributed by atoms with Crippen molar-refractivity contribution >= 4 is 23.4 Å². The molecule has 2 aromatic carbocycles. The Balaban J connectivity index is 1.46. The van der Waals surface area contributed by atoms with Crippen LogP contribution in [-0.2, 0) is 0 Å². The normalized spacial score (nSPS) is 15.1. The number of hydrogen-bond donors (Lipinski definition) is 1. The third kappa shape index (κ3) is 3.18. The Labute approximate surface area is 168 Å². The Hall–Kier alpha value is -3.48. The Morgan fingerprint density at radius 1 is 0.897 bits per heavy atom. The minimum absolute atomic E-state index is 0.0430. The van der Waals surface area contributed by atoms with Crippen molar-refractivity contribution < 1.29 is 9.53 Å². The van der Waals surface area contributed by atoms with E-state index in [1.165, 1.54) is 6.42 Å². The number of anilines is 3. The van der Waals surface area contributed by atoms with Gasteiger partial charge in [0.25, 0.3) is 0 Å². The first-order valence-corrected chi connectivity index (χ1v) is 9.83. The Kier molecular flexibility index (Phi) is 4.35. The number of carbonyl (C=O) groups is 1. The van der Waals surface area contributed by atoms with Crippen LogP contribution in [0, 0.1) is 0 Å². The lowest BCUT2D eigenvalue weighted by molar-refractivity contribution is 0.104. The molecule has 1 aliphatic carbocycles. The van der Waals surface area contributed by atoms with Crippen molar-refractivity contribution in [1.29, 1.82) is 0 Å². The number of aromatic nitrogens is 3. The summed E-state index contributed by atoms with van der Waals surface area (Å²) in [5.41, 5.74) is 4.12. The van der Waals surface area contributed by atoms with Crippen LogP contribution in [0.25, 0.3) is 11.1 Å². The van der Waals surface area contributed by atoms with E-state index in [2.05, 4.69) is 25.2 Å². The van der Waals surface area contributed by atoms with E-state index < -0.39 is 0 Å². The number of hydrogen-bond acceptors (Lipinski definition) is 7. The second-order valence-electron chi connectivity index (χ2n) is 7.25. The highest BCUT2D eigenvalue weighted by atomic mass is 16.5. The maximum absolute atomic E-state index is 12.8. The number of rotatable bonds is 4. The number of methoxy groups -OCH3 is 1. The highest BCUT2D eigenvalue weighted by molar-refractivity contribution is 6.22. The van der Waals surface area contributed by atoms with Gasteiger partial charge in [0.2, 0.25) is 11.9 Å². The lowest BCUT2D eigenvalue weighted by Crippen LogP contribution is -2.31. The van der Waals surface area contributed by atoms with E-state index >= 15 is 0 Å². The van der Waals surface area contributed by atoms with E-state index in [1.807, 2.05) is 42.5 Å². The number of piperidine rings is 1. The van der Waals surface area contributed by atoms with Gasteiger partial charge < -0.3 is 15.0 Å². The molecule has 0 atom stereocenters. The zero-order valence-corrected chi connectivity index (χ0v) is 16.2. The number of nitrogens with one attached hydrogen (secondary N) is 1. The number of benzene rings is 2. The molecule has 0 saturated carbocycles. The Morgan fingerprint density at radius 2 is 1.66 bits per heavy atom. The molecule has 7 nitrogen and oxygen atoms in total. The molecule has 1 aliphatic heterocycles. The Morgan fingerprint density at radius 3 is 2.45 bits per heavy atom. The summed E-state index contributed by atoms with van der Waals surface area (Å²) in [5.74, 6) is 1.06. The topological polar surface area (TPSA) is 80.2 Å². The maximum atomic E-state index is 12.8. The van der Waals surface area contributed by atoms with E-state index in [1.54, 1.807) is 7.11 Å². The molecule has 0 radical (unpaired) electrons. The zero-order valence-electron chi connectivity index (χ0n) is 16.2. The van der Waals surface area contributed by atoms with Crippen molar-refractivity contribution in [1.82, 2.24) is 15.0 Å². The molecular weight excluding hydrogens is 366 g/mol. The third-order valence-electron chi connectivity index (χ3n) is 5.41. The predicted molar refractivity (Wildman–Crippen MR) is 111 cm³/mol. The van der Waals surface area contributed by atoms with Crippen LogP contribution < -0.4 is 15.0 Å². The number of carbonyl (C=O) groups excluding carboxylic acids is 1. The minimum atomic E-state index is 0.0430. The van der Waals surface area contributed by atoms with Crippen LogP contribution in [0.15, 0.2) is 42.5 Å². The number of fused-ring (bicyclic) bond motifs is 3. The highest BCUT2D eigenvalue weighted by Crippen LogP contribution is 2.38. The molecule has 1 N–H and O–H groups in total. The summed E-state index contributed by atoms with van der Waals surface area (Å²) < 4.78 is 5.27. The molecule has 0 amide bonds. The largest absolute Gasteiger partial charge is 0.467 e. The van der Waals surface area contributed by atoms with Gasteiger partial charge in [0, 0.05) is 29.9 Å². The maximum Gasteiger partial charge on any atom is 0.322 e. The van der Waals surface area contributed by atoms with Gasteiger partial charge in [0.1, 0.15) is 0 Å². The van der Waals surface area contributed by atoms with Gasteiger partial charge in [-0.1, -0.05) is 30.3 Å². The smallest absolute Gasteiger partial charge is 0.322 e. The third-order valence-corrected chi connectivity index (χ3v) is 5.41. The van der Waals surface area contributed by atoms with Crippen LogP contribution in [-0.4, -0.2) is 40.9 Å². The fourth-order valence-electron chi connectivity index (χ4n) is 3.96. The molecule has 0 bridgehead atoms. The highest BCUT2D eigenvalue weighted by Gasteiger charge is 2.26. The molecule has 1 aromatic heterocycles. The molecule has 7 heteroatoms. The van der Waals surface area contributed by atoms with E-state index in [9.17, 15) is 4.79 Å². The second-order valence-corrected chi connectivity index (χ2v) is 7.25. The minimum Gasteiger partial charge on any atom is -0.467 e. The van der Waals surface area contributed by atoms with Gasteiger partial charge >= 0.3 is 6.01 Å². The van der Waals surface area contributed by atoms with Gasteiger partial charge in [-0.25, -0.2) is 0 Å². The van der Waals surface area contributed by atoms with Gasteiger partial charge in [-0.15, -0.1) is 0 Å². The molecule has 146 valence electrons. The van der Waals surface area contributed by atoms with Gasteiger partial charge in [0.15, 0.2) is 5.78 Å². The van der Waals surface area contributed by atoms with Crippen LogP contribution in [0.1, 0.15) is 35.2 Å². The van der Waals surface area contributed by atoms with Crippen LogP contribution in [0.4, 0.5) is 17.6 Å². The quantitative estimate of drug-likeness (QED) is 0.570. The fraction of sp³-hybridized carbons (Fsp3) is 0.273. The lowest BCUT2D eigenvalue weighted by Gasteiger charge is -2.26. The molecule has 2 aliphatic rings. The summed E-state index contributed by atoms with van der Waals surface area (Å²) in [6.07, 6.45) is 3.49.